The monoisotopic (exact) mass is 287 g/mol. The zero-order chi connectivity index (χ0) is 13.9. The predicted octanol–water partition coefficient (Wildman–Crippen LogP) is 3.96. The molecule has 2 aromatic carbocycles. The van der Waals surface area contributed by atoms with Crippen molar-refractivity contribution in [3.05, 3.63) is 48.0 Å². The molecule has 0 fully saturated rings. The number of benzene rings is 2. The van der Waals surface area contributed by atoms with Crippen LogP contribution in [0.5, 0.6) is 11.5 Å². The lowest BCUT2D eigenvalue weighted by Crippen LogP contribution is -2.10. The van der Waals surface area contributed by atoms with Crippen LogP contribution in [-0.2, 0) is 0 Å². The fraction of sp³-hybridized carbons (Fsp3) is 0.250. The van der Waals surface area contributed by atoms with E-state index >= 15 is 0 Å². The molecule has 3 rings (SSSR count). The van der Waals surface area contributed by atoms with E-state index in [-0.39, 0.29) is 0 Å². The number of hydrogen-bond donors (Lipinski definition) is 1. The molecule has 0 aliphatic carbocycles. The van der Waals surface area contributed by atoms with Crippen molar-refractivity contribution >= 4 is 17.4 Å². The van der Waals surface area contributed by atoms with E-state index < -0.39 is 0 Å². The Morgan fingerprint density at radius 1 is 1.10 bits per heavy atom. The van der Waals surface area contributed by atoms with Gasteiger partial charge in [-0.3, -0.25) is 0 Å². The van der Waals surface area contributed by atoms with E-state index in [0.717, 1.165) is 22.9 Å². The number of rotatable bonds is 4. The van der Waals surface area contributed by atoms with Crippen molar-refractivity contribution in [3.8, 4) is 11.5 Å². The van der Waals surface area contributed by atoms with E-state index in [0.29, 0.717) is 6.04 Å². The predicted molar refractivity (Wildman–Crippen MR) is 83.1 cm³/mol. The summed E-state index contributed by atoms with van der Waals surface area (Å²) in [6, 6.07) is 14.6. The molecule has 0 aromatic heterocycles. The van der Waals surface area contributed by atoms with Gasteiger partial charge in [0.25, 0.3) is 0 Å². The zero-order valence-electron chi connectivity index (χ0n) is 11.6. The number of methoxy groups -OCH3 is 2. The second-order valence-corrected chi connectivity index (χ2v) is 5.67. The number of nitrogens with one attached hydrogen (secondary N) is 1. The first-order valence-electron chi connectivity index (χ1n) is 6.52. The molecule has 0 saturated carbocycles. The van der Waals surface area contributed by atoms with Gasteiger partial charge in [-0.15, -0.1) is 11.8 Å². The minimum absolute atomic E-state index is 0.303. The molecular weight excluding hydrogens is 270 g/mol. The van der Waals surface area contributed by atoms with Crippen molar-refractivity contribution in [1.82, 2.24) is 0 Å². The molecule has 4 heteroatoms. The summed E-state index contributed by atoms with van der Waals surface area (Å²) in [5.74, 6) is 2.69. The summed E-state index contributed by atoms with van der Waals surface area (Å²) in [6.07, 6.45) is 0. The van der Waals surface area contributed by atoms with E-state index in [4.69, 9.17) is 9.47 Å². The zero-order valence-corrected chi connectivity index (χ0v) is 12.4. The molecule has 1 N–H and O–H groups in total. The maximum absolute atomic E-state index is 5.42. The fourth-order valence-corrected chi connectivity index (χ4v) is 3.56. The second kappa shape index (κ2) is 5.67. The quantitative estimate of drug-likeness (QED) is 0.922. The van der Waals surface area contributed by atoms with Crippen LogP contribution in [0, 0.1) is 0 Å². The molecular formula is C16H17NO2S. The average molecular weight is 287 g/mol. The SMILES string of the molecule is COc1ccc(OC)c(NC2CSc3ccccc32)c1. The van der Waals surface area contributed by atoms with E-state index in [2.05, 4.69) is 29.6 Å². The molecule has 0 bridgehead atoms. The summed E-state index contributed by atoms with van der Waals surface area (Å²) < 4.78 is 10.7. The van der Waals surface area contributed by atoms with E-state index in [1.54, 1.807) is 14.2 Å². The van der Waals surface area contributed by atoms with Gasteiger partial charge in [-0.2, -0.15) is 0 Å². The molecule has 104 valence electrons. The summed E-state index contributed by atoms with van der Waals surface area (Å²) >= 11 is 1.88. The number of ether oxygens (including phenoxy) is 2. The van der Waals surface area contributed by atoms with Crippen LogP contribution in [0.15, 0.2) is 47.4 Å². The van der Waals surface area contributed by atoms with E-state index in [9.17, 15) is 0 Å². The number of fused-ring (bicyclic) bond motifs is 1. The Morgan fingerprint density at radius 3 is 2.75 bits per heavy atom. The van der Waals surface area contributed by atoms with E-state index in [1.807, 2.05) is 30.0 Å². The molecule has 0 radical (unpaired) electrons. The van der Waals surface area contributed by atoms with Crippen molar-refractivity contribution in [2.45, 2.75) is 10.9 Å². The molecule has 3 nitrogen and oxygen atoms in total. The summed E-state index contributed by atoms with van der Waals surface area (Å²) in [6.45, 7) is 0. The third-order valence-electron chi connectivity index (χ3n) is 3.44. The van der Waals surface area contributed by atoms with Gasteiger partial charge in [-0.05, 0) is 23.8 Å². The molecule has 20 heavy (non-hydrogen) atoms. The highest BCUT2D eigenvalue weighted by atomic mass is 32.2. The summed E-state index contributed by atoms with van der Waals surface area (Å²) in [5.41, 5.74) is 2.32. The molecule has 0 saturated heterocycles. The van der Waals surface area contributed by atoms with Gasteiger partial charge in [0, 0.05) is 16.7 Å². The number of anilines is 1. The highest BCUT2D eigenvalue weighted by Crippen LogP contribution is 2.41. The van der Waals surface area contributed by atoms with Gasteiger partial charge in [0.2, 0.25) is 0 Å². The molecule has 0 amide bonds. The smallest absolute Gasteiger partial charge is 0.142 e. The molecule has 1 aliphatic rings. The molecule has 1 aliphatic heterocycles. The summed E-state index contributed by atoms with van der Waals surface area (Å²) in [4.78, 5) is 1.35. The van der Waals surface area contributed by atoms with Crippen molar-refractivity contribution in [2.24, 2.45) is 0 Å². The number of hydrogen-bond acceptors (Lipinski definition) is 4. The van der Waals surface area contributed by atoms with Gasteiger partial charge >= 0.3 is 0 Å². The van der Waals surface area contributed by atoms with Crippen molar-refractivity contribution in [2.75, 3.05) is 25.3 Å². The fourth-order valence-electron chi connectivity index (χ4n) is 2.40. The van der Waals surface area contributed by atoms with Crippen molar-refractivity contribution < 1.29 is 9.47 Å². The first-order valence-corrected chi connectivity index (χ1v) is 7.50. The lowest BCUT2D eigenvalue weighted by molar-refractivity contribution is 0.404. The van der Waals surface area contributed by atoms with Crippen LogP contribution >= 0.6 is 11.8 Å². The average Bonchev–Trinajstić information content (AvgIpc) is 2.90. The lowest BCUT2D eigenvalue weighted by Gasteiger charge is -2.18. The molecule has 2 aromatic rings. The Hall–Kier alpha value is -1.81. The van der Waals surface area contributed by atoms with Gasteiger partial charge in [0.1, 0.15) is 11.5 Å². The summed E-state index contributed by atoms with van der Waals surface area (Å²) in [5, 5.41) is 3.57. The normalized spacial score (nSPS) is 16.6. The van der Waals surface area contributed by atoms with Crippen molar-refractivity contribution in [3.63, 3.8) is 0 Å². The highest BCUT2D eigenvalue weighted by Gasteiger charge is 2.23. The van der Waals surface area contributed by atoms with Gasteiger partial charge < -0.3 is 14.8 Å². The molecule has 1 unspecified atom stereocenters. The Balaban J connectivity index is 1.88. The Morgan fingerprint density at radius 2 is 1.95 bits per heavy atom. The van der Waals surface area contributed by atoms with Crippen molar-refractivity contribution in [1.29, 1.82) is 0 Å². The second-order valence-electron chi connectivity index (χ2n) is 4.61. The largest absolute Gasteiger partial charge is 0.497 e. The van der Waals surface area contributed by atoms with Crippen LogP contribution in [0.25, 0.3) is 0 Å². The van der Waals surface area contributed by atoms with Crippen LogP contribution in [0.1, 0.15) is 11.6 Å². The number of thioether (sulfide) groups is 1. The Labute approximate surface area is 123 Å². The highest BCUT2D eigenvalue weighted by molar-refractivity contribution is 7.99. The van der Waals surface area contributed by atoms with Crippen LogP contribution < -0.4 is 14.8 Å². The van der Waals surface area contributed by atoms with E-state index in [1.165, 1.54) is 10.5 Å². The Kier molecular flexibility index (Phi) is 3.74. The first-order chi connectivity index (χ1) is 9.81. The van der Waals surface area contributed by atoms with Gasteiger partial charge in [-0.1, -0.05) is 18.2 Å². The minimum atomic E-state index is 0.303. The first kappa shape index (κ1) is 13.2. The topological polar surface area (TPSA) is 30.5 Å². The Bertz CT molecular complexity index is 615. The maximum Gasteiger partial charge on any atom is 0.142 e. The standard InChI is InChI=1S/C16H17NO2S/c1-18-11-7-8-15(19-2)13(9-11)17-14-10-20-16-6-4-3-5-12(14)16/h3-9,14,17H,10H2,1-2H3. The molecule has 1 heterocycles. The van der Waals surface area contributed by atoms with Crippen LogP contribution in [0.2, 0.25) is 0 Å². The lowest BCUT2D eigenvalue weighted by atomic mass is 10.1. The van der Waals surface area contributed by atoms with Crippen LogP contribution in [0.3, 0.4) is 0 Å². The summed E-state index contributed by atoms with van der Waals surface area (Å²) in [7, 11) is 3.36. The van der Waals surface area contributed by atoms with Gasteiger partial charge in [-0.25, -0.2) is 0 Å². The van der Waals surface area contributed by atoms with Gasteiger partial charge in [0.05, 0.1) is 25.9 Å². The third kappa shape index (κ3) is 2.43. The maximum atomic E-state index is 5.42. The minimum Gasteiger partial charge on any atom is -0.497 e. The van der Waals surface area contributed by atoms with Gasteiger partial charge in [0.15, 0.2) is 0 Å². The molecule has 0 spiro atoms. The van der Waals surface area contributed by atoms with Crippen LogP contribution in [-0.4, -0.2) is 20.0 Å². The van der Waals surface area contributed by atoms with Crippen LogP contribution in [0.4, 0.5) is 5.69 Å². The third-order valence-corrected chi connectivity index (χ3v) is 4.62. The molecule has 1 atom stereocenters.